The molecule has 2 fully saturated rings. The smallest absolute Gasteiger partial charge is 0.306 e. The number of hydrogen-bond acceptors (Lipinski definition) is 7. The highest BCUT2D eigenvalue weighted by molar-refractivity contribution is 6.74. The Labute approximate surface area is 304 Å². The van der Waals surface area contributed by atoms with E-state index >= 15 is 8.78 Å². The van der Waals surface area contributed by atoms with Crippen molar-refractivity contribution < 1.29 is 41.7 Å². The summed E-state index contributed by atoms with van der Waals surface area (Å²) in [5.74, 6) is -3.79. The average molecular weight is 731 g/mol. The van der Waals surface area contributed by atoms with Crippen molar-refractivity contribution in [1.29, 1.82) is 0 Å². The number of carbonyl (C=O) groups is 2. The van der Waals surface area contributed by atoms with Crippen molar-refractivity contribution in [2.75, 3.05) is 6.61 Å². The molecule has 0 N–H and O–H groups in total. The maximum Gasteiger partial charge on any atom is 0.306 e. The molecular weight excluding hydrogens is 659 g/mol. The van der Waals surface area contributed by atoms with Crippen LogP contribution in [-0.4, -0.2) is 63.5 Å². The molecule has 1 aliphatic carbocycles. The van der Waals surface area contributed by atoms with E-state index in [2.05, 4.69) is 27.7 Å². The summed E-state index contributed by atoms with van der Waals surface area (Å²) in [7, 11) is -2.54. The minimum absolute atomic E-state index is 0.0683. The van der Waals surface area contributed by atoms with Crippen LogP contribution in [0.25, 0.3) is 0 Å². The van der Waals surface area contributed by atoms with Gasteiger partial charge in [-0.15, -0.1) is 0 Å². The lowest BCUT2D eigenvalue weighted by Gasteiger charge is -2.40. The van der Waals surface area contributed by atoms with Gasteiger partial charge in [0, 0.05) is 44.6 Å². The highest BCUT2D eigenvalue weighted by Crippen LogP contribution is 2.44. The van der Waals surface area contributed by atoms with Gasteiger partial charge in [0.15, 0.2) is 14.6 Å². The third-order valence-electron chi connectivity index (χ3n) is 10.7. The number of ether oxygens (including phenoxy) is 4. The van der Waals surface area contributed by atoms with Crippen LogP contribution in [0.5, 0.6) is 0 Å². The van der Waals surface area contributed by atoms with Gasteiger partial charge in [-0.3, -0.25) is 9.59 Å². The van der Waals surface area contributed by atoms with E-state index in [1.807, 2.05) is 33.0 Å². The van der Waals surface area contributed by atoms with Crippen LogP contribution in [0.1, 0.15) is 158 Å². The van der Waals surface area contributed by atoms with Crippen LogP contribution in [0.3, 0.4) is 0 Å². The summed E-state index contributed by atoms with van der Waals surface area (Å²) in [5.41, 5.74) is 0. The molecular formula is C40H72F2O7Si. The minimum atomic E-state index is -3.02. The van der Waals surface area contributed by atoms with Crippen molar-refractivity contribution in [2.45, 2.75) is 212 Å². The SMILES string of the molecule is CCCCCCC(F)(F)C(/C=C/[C@@H]1[C@@H](CCCCCCCCC(=O)OC(C)C)[C@@H](OC(C)=O)C[C@H]1OC1CCCCO1)O[Si](C)(C)C(C)(C)C. The number of esters is 2. The zero-order chi connectivity index (χ0) is 37.4. The molecule has 2 unspecified atom stereocenters. The molecule has 7 nitrogen and oxygen atoms in total. The standard InChI is InChI=1S/C40H72F2O7Si/c1-10-11-12-20-27-40(41,42)36(49-50(8,9)39(5,6)7)26-25-33-32(22-17-15-13-14-16-18-23-37(44)46-30(2)3)34(47-31(4)43)29-35(33)48-38-24-19-21-28-45-38/h25-26,30,32-36,38H,10-24,27-29H2,1-9H3/b26-25+/t32-,33-,34+,35-,36?,38?/m1/s1. The molecule has 0 bridgehead atoms. The predicted octanol–water partition coefficient (Wildman–Crippen LogP) is 11.1. The topological polar surface area (TPSA) is 80.3 Å². The van der Waals surface area contributed by atoms with E-state index in [1.54, 1.807) is 6.08 Å². The van der Waals surface area contributed by atoms with E-state index in [0.29, 0.717) is 25.9 Å². The summed E-state index contributed by atoms with van der Waals surface area (Å²) in [6, 6.07) is 0. The lowest BCUT2D eigenvalue weighted by atomic mass is 9.87. The normalized spacial score (nSPS) is 24.2. The summed E-state index contributed by atoms with van der Waals surface area (Å²) in [6.45, 7) is 18.1. The number of rotatable bonds is 23. The summed E-state index contributed by atoms with van der Waals surface area (Å²) in [5, 5.41) is -0.227. The van der Waals surface area contributed by atoms with Crippen LogP contribution in [-0.2, 0) is 33.0 Å². The second-order valence-corrected chi connectivity index (χ2v) is 21.3. The Morgan fingerprint density at radius 1 is 0.940 bits per heavy atom. The Morgan fingerprint density at radius 2 is 1.60 bits per heavy atom. The molecule has 1 saturated carbocycles. The fourth-order valence-corrected chi connectivity index (χ4v) is 8.07. The molecule has 10 heteroatoms. The molecule has 0 spiro atoms. The lowest BCUT2D eigenvalue weighted by Crippen LogP contribution is -2.48. The largest absolute Gasteiger partial charge is 0.463 e. The first-order valence-corrected chi connectivity index (χ1v) is 22.8. The van der Waals surface area contributed by atoms with Crippen LogP contribution in [0.2, 0.25) is 18.1 Å². The van der Waals surface area contributed by atoms with Gasteiger partial charge in [0.1, 0.15) is 12.2 Å². The molecule has 292 valence electrons. The van der Waals surface area contributed by atoms with Gasteiger partial charge in [-0.25, -0.2) is 8.78 Å². The Bertz CT molecular complexity index is 1010. The van der Waals surface area contributed by atoms with E-state index in [9.17, 15) is 9.59 Å². The Morgan fingerprint density at radius 3 is 2.20 bits per heavy atom. The van der Waals surface area contributed by atoms with Crippen molar-refractivity contribution in [1.82, 2.24) is 0 Å². The number of alkyl halides is 2. The molecule has 0 radical (unpaired) electrons. The second kappa shape index (κ2) is 22.0. The van der Waals surface area contributed by atoms with Gasteiger partial charge in [-0.05, 0) is 70.5 Å². The van der Waals surface area contributed by atoms with Crippen LogP contribution >= 0.6 is 0 Å². The minimum Gasteiger partial charge on any atom is -0.463 e. The van der Waals surface area contributed by atoms with Gasteiger partial charge >= 0.3 is 11.9 Å². The first kappa shape index (κ1) is 44.8. The maximum absolute atomic E-state index is 16.1. The van der Waals surface area contributed by atoms with Crippen LogP contribution < -0.4 is 0 Å². The Kier molecular flexibility index (Phi) is 19.7. The molecule has 2 rings (SSSR count). The van der Waals surface area contributed by atoms with Gasteiger partial charge < -0.3 is 23.4 Å². The molecule has 50 heavy (non-hydrogen) atoms. The summed E-state index contributed by atoms with van der Waals surface area (Å²) in [6.07, 6.45) is 14.3. The van der Waals surface area contributed by atoms with Gasteiger partial charge in [-0.1, -0.05) is 91.2 Å². The molecule has 1 aliphatic heterocycles. The van der Waals surface area contributed by atoms with Crippen LogP contribution in [0.4, 0.5) is 8.78 Å². The molecule has 0 amide bonds. The van der Waals surface area contributed by atoms with Crippen LogP contribution in [0, 0.1) is 11.8 Å². The fraction of sp³-hybridized carbons (Fsp3) is 0.900. The Balaban J connectivity index is 2.26. The summed E-state index contributed by atoms with van der Waals surface area (Å²) in [4.78, 5) is 24.1. The van der Waals surface area contributed by atoms with Crippen LogP contribution in [0.15, 0.2) is 12.2 Å². The molecule has 1 heterocycles. The summed E-state index contributed by atoms with van der Waals surface area (Å²) >= 11 is 0. The zero-order valence-electron chi connectivity index (χ0n) is 33.0. The highest BCUT2D eigenvalue weighted by atomic mass is 28.4. The van der Waals surface area contributed by atoms with E-state index in [-0.39, 0.29) is 59.8 Å². The molecule has 0 aromatic carbocycles. The molecule has 0 aromatic rings. The molecule has 6 atom stereocenters. The average Bonchev–Trinajstić information content (AvgIpc) is 3.32. The fourth-order valence-electron chi connectivity index (χ4n) is 6.84. The molecule has 1 saturated heterocycles. The van der Waals surface area contributed by atoms with E-state index in [4.69, 9.17) is 23.4 Å². The third-order valence-corrected chi connectivity index (χ3v) is 15.2. The number of unbranched alkanes of at least 4 members (excludes halogenated alkanes) is 8. The van der Waals surface area contributed by atoms with Crippen molar-refractivity contribution in [3.8, 4) is 0 Å². The predicted molar refractivity (Wildman–Crippen MR) is 199 cm³/mol. The van der Waals surface area contributed by atoms with Gasteiger partial charge in [0.25, 0.3) is 5.92 Å². The first-order chi connectivity index (χ1) is 23.5. The van der Waals surface area contributed by atoms with E-state index in [0.717, 1.165) is 83.5 Å². The third kappa shape index (κ3) is 16.1. The highest BCUT2D eigenvalue weighted by Gasteiger charge is 2.48. The molecule has 2 aliphatic rings. The second-order valence-electron chi connectivity index (χ2n) is 16.5. The maximum atomic E-state index is 16.1. The quantitative estimate of drug-likeness (QED) is 0.0448. The van der Waals surface area contributed by atoms with E-state index < -0.39 is 20.3 Å². The monoisotopic (exact) mass is 731 g/mol. The zero-order valence-corrected chi connectivity index (χ0v) is 34.0. The van der Waals surface area contributed by atoms with Gasteiger partial charge in [-0.2, -0.15) is 0 Å². The lowest BCUT2D eigenvalue weighted by molar-refractivity contribution is -0.193. The number of carbonyl (C=O) groups excluding carboxylic acids is 2. The molecule has 0 aromatic heterocycles. The number of hydrogen-bond donors (Lipinski definition) is 0. The van der Waals surface area contributed by atoms with E-state index in [1.165, 1.54) is 6.92 Å². The summed E-state index contributed by atoms with van der Waals surface area (Å²) < 4.78 is 62.3. The van der Waals surface area contributed by atoms with Crippen molar-refractivity contribution in [2.24, 2.45) is 11.8 Å². The van der Waals surface area contributed by atoms with Gasteiger partial charge in [0.05, 0.1) is 12.2 Å². The van der Waals surface area contributed by atoms with Crippen molar-refractivity contribution in [3.05, 3.63) is 12.2 Å². The van der Waals surface area contributed by atoms with Gasteiger partial charge in [0.2, 0.25) is 0 Å². The van der Waals surface area contributed by atoms with Crippen molar-refractivity contribution >= 4 is 20.3 Å². The first-order valence-electron chi connectivity index (χ1n) is 19.8. The van der Waals surface area contributed by atoms with Crippen molar-refractivity contribution in [3.63, 3.8) is 0 Å². The number of halogens is 2. The Hall–Kier alpha value is -1.36.